The summed E-state index contributed by atoms with van der Waals surface area (Å²) in [7, 11) is 0. The average Bonchev–Trinajstić information content (AvgIpc) is 2.97. The van der Waals surface area contributed by atoms with Gasteiger partial charge in [0, 0.05) is 12.8 Å². The summed E-state index contributed by atoms with van der Waals surface area (Å²) in [5.41, 5.74) is -0.894. The number of carbonyl (C=O) groups excluding carboxylic acids is 6. The van der Waals surface area contributed by atoms with Crippen LogP contribution in [0.25, 0.3) is 0 Å². The number of rotatable bonds is 12. The van der Waals surface area contributed by atoms with Gasteiger partial charge in [0.15, 0.2) is 12.1 Å². The normalized spacial score (nSPS) is 17.6. The molecule has 4 atom stereocenters. The van der Waals surface area contributed by atoms with Crippen LogP contribution in [-0.2, 0) is 38.2 Å². The first-order chi connectivity index (χ1) is 22.3. The van der Waals surface area contributed by atoms with Gasteiger partial charge in [0.1, 0.15) is 34.8 Å². The zero-order chi connectivity index (χ0) is 35.8. The van der Waals surface area contributed by atoms with Crippen LogP contribution in [0.15, 0.2) is 48.5 Å². The minimum absolute atomic E-state index is 0.0231. The number of esters is 2. The van der Waals surface area contributed by atoms with E-state index in [-0.39, 0.29) is 37.2 Å². The molecule has 1 heterocycles. The fraction of sp³-hybridized carbons (Fsp3) is 0.471. The molecule has 1 fully saturated rings. The van der Waals surface area contributed by atoms with Gasteiger partial charge < -0.3 is 41.0 Å². The van der Waals surface area contributed by atoms with Crippen molar-refractivity contribution >= 4 is 35.6 Å². The van der Waals surface area contributed by atoms with Gasteiger partial charge in [-0.25, -0.2) is 9.59 Å². The second-order valence-corrected chi connectivity index (χ2v) is 13.5. The van der Waals surface area contributed by atoms with Crippen LogP contribution < -0.4 is 21.3 Å². The van der Waals surface area contributed by atoms with E-state index in [4.69, 9.17) is 9.47 Å². The summed E-state index contributed by atoms with van der Waals surface area (Å²) < 4.78 is 10.9. The summed E-state index contributed by atoms with van der Waals surface area (Å²) in [4.78, 5) is 77.1. The van der Waals surface area contributed by atoms with Crippen LogP contribution in [0.5, 0.6) is 11.5 Å². The van der Waals surface area contributed by atoms with Gasteiger partial charge in [-0.15, -0.1) is 0 Å². The molecule has 0 radical (unpaired) electrons. The largest absolute Gasteiger partial charge is 0.508 e. The van der Waals surface area contributed by atoms with Gasteiger partial charge in [-0.3, -0.25) is 19.2 Å². The van der Waals surface area contributed by atoms with Gasteiger partial charge in [-0.1, -0.05) is 24.3 Å². The number of phenols is 2. The molecule has 1 saturated heterocycles. The first-order valence-electron chi connectivity index (χ1n) is 15.5. The Morgan fingerprint density at radius 3 is 1.25 bits per heavy atom. The molecule has 14 heteroatoms. The molecule has 48 heavy (non-hydrogen) atoms. The van der Waals surface area contributed by atoms with Gasteiger partial charge in [0.2, 0.25) is 23.6 Å². The van der Waals surface area contributed by atoms with Gasteiger partial charge >= 0.3 is 11.9 Å². The number of phenolic OH excluding ortho intramolecular Hbond substituents is 2. The van der Waals surface area contributed by atoms with Gasteiger partial charge in [-0.05, 0) is 89.8 Å². The highest BCUT2D eigenvalue weighted by Gasteiger charge is 2.35. The summed E-state index contributed by atoms with van der Waals surface area (Å²) in [5, 5.41) is 29.6. The molecule has 0 bridgehead atoms. The number of hydrogen-bond acceptors (Lipinski definition) is 10. The third-order valence-corrected chi connectivity index (χ3v) is 6.93. The summed E-state index contributed by atoms with van der Waals surface area (Å²) in [5.74, 6) is -3.72. The van der Waals surface area contributed by atoms with Crippen LogP contribution in [0.1, 0.15) is 90.4 Å². The third kappa shape index (κ3) is 11.6. The van der Waals surface area contributed by atoms with Gasteiger partial charge in [-0.2, -0.15) is 0 Å². The molecule has 1 aliphatic heterocycles. The SMILES string of the molecule is CC(C)(C)OC(=O)C(NC(=O)CC[C@@H]1NC(=O)[C@H](CCC(=O)NC(C(=O)OC(C)(C)C)c2ccc(O)cc2)NC1=O)c1ccc(O)cc1. The van der Waals surface area contributed by atoms with E-state index >= 15 is 0 Å². The average molecular weight is 669 g/mol. The highest BCUT2D eigenvalue weighted by atomic mass is 16.6. The standard InChI is InChI=1S/C34H44N4O10/c1-33(2,3)47-31(45)27(19-7-11-21(39)12-8-19)37-25(41)17-15-23-29(43)36-24(30(44)35-23)16-18-26(42)38-28(32(46)48-34(4,5)6)20-9-13-22(40)14-10-20/h7-14,23-24,27-28,39-40H,15-18H2,1-6H3,(H,35,44)(H,36,43)(H,37,41)(H,38,42)/t23-,24-,27?,28?/m0/s1. The molecule has 260 valence electrons. The first kappa shape index (κ1) is 37.3. The van der Waals surface area contributed by atoms with Gasteiger partial charge in [0.05, 0.1) is 0 Å². The van der Waals surface area contributed by atoms with E-state index in [1.807, 2.05) is 0 Å². The number of carbonyl (C=O) groups is 6. The number of piperazine rings is 1. The fourth-order valence-corrected chi connectivity index (χ4v) is 4.71. The van der Waals surface area contributed by atoms with E-state index < -0.39 is 70.9 Å². The number of aromatic hydroxyl groups is 2. The van der Waals surface area contributed by atoms with Crippen molar-refractivity contribution in [2.45, 2.75) is 103 Å². The lowest BCUT2D eigenvalue weighted by molar-refractivity contribution is -0.159. The smallest absolute Gasteiger partial charge is 0.333 e. The maximum absolute atomic E-state index is 12.9. The molecule has 0 saturated carbocycles. The predicted molar refractivity (Wildman–Crippen MR) is 172 cm³/mol. The Labute approximate surface area is 278 Å². The van der Waals surface area contributed by atoms with E-state index in [1.54, 1.807) is 41.5 Å². The van der Waals surface area contributed by atoms with E-state index in [0.29, 0.717) is 11.1 Å². The summed E-state index contributed by atoms with van der Waals surface area (Å²) >= 11 is 0. The predicted octanol–water partition coefficient (Wildman–Crippen LogP) is 2.34. The molecule has 2 unspecified atom stereocenters. The number of amides is 4. The van der Waals surface area contributed by atoms with E-state index in [1.165, 1.54) is 48.5 Å². The molecule has 6 N–H and O–H groups in total. The molecule has 4 amide bonds. The second kappa shape index (κ2) is 15.6. The fourth-order valence-electron chi connectivity index (χ4n) is 4.71. The Bertz CT molecular complexity index is 1380. The van der Waals surface area contributed by atoms with Crippen LogP contribution >= 0.6 is 0 Å². The number of nitrogens with one attached hydrogen (secondary N) is 4. The second-order valence-electron chi connectivity index (χ2n) is 13.5. The molecule has 14 nitrogen and oxygen atoms in total. The molecular formula is C34H44N4O10. The van der Waals surface area contributed by atoms with Gasteiger partial charge in [0.25, 0.3) is 0 Å². The van der Waals surface area contributed by atoms with Crippen LogP contribution in [0, 0.1) is 0 Å². The number of hydrogen-bond donors (Lipinski definition) is 6. The summed E-state index contributed by atoms with van der Waals surface area (Å²) in [6, 6.07) is 6.97. The summed E-state index contributed by atoms with van der Waals surface area (Å²) in [6.07, 6.45) is -0.576. The quantitative estimate of drug-likeness (QED) is 0.182. The number of ether oxygens (including phenoxy) is 2. The molecule has 2 aromatic carbocycles. The molecular weight excluding hydrogens is 624 g/mol. The van der Waals surface area contributed by atoms with Crippen molar-refractivity contribution in [3.63, 3.8) is 0 Å². The molecule has 3 rings (SSSR count). The lowest BCUT2D eigenvalue weighted by Gasteiger charge is -2.30. The molecule has 0 aliphatic carbocycles. The van der Waals surface area contributed by atoms with Crippen molar-refractivity contribution in [2.24, 2.45) is 0 Å². The van der Waals surface area contributed by atoms with Crippen LogP contribution in [0.4, 0.5) is 0 Å². The monoisotopic (exact) mass is 668 g/mol. The minimum Gasteiger partial charge on any atom is -0.508 e. The molecule has 0 aromatic heterocycles. The molecule has 0 spiro atoms. The van der Waals surface area contributed by atoms with Crippen molar-refractivity contribution in [3.8, 4) is 11.5 Å². The maximum Gasteiger partial charge on any atom is 0.333 e. The lowest BCUT2D eigenvalue weighted by atomic mass is 10.0. The van der Waals surface area contributed by atoms with Crippen LogP contribution in [0.3, 0.4) is 0 Å². The Balaban J connectivity index is 1.55. The Morgan fingerprint density at radius 1 is 0.646 bits per heavy atom. The van der Waals surface area contributed by atoms with Crippen LogP contribution in [0.2, 0.25) is 0 Å². The Hall–Kier alpha value is -5.14. The number of benzene rings is 2. The molecule has 1 aliphatic rings. The van der Waals surface area contributed by atoms with Crippen molar-refractivity contribution in [1.29, 1.82) is 0 Å². The molecule has 2 aromatic rings. The first-order valence-corrected chi connectivity index (χ1v) is 15.5. The Morgan fingerprint density at radius 2 is 0.958 bits per heavy atom. The minimum atomic E-state index is -1.17. The third-order valence-electron chi connectivity index (χ3n) is 6.93. The highest BCUT2D eigenvalue weighted by Crippen LogP contribution is 2.23. The summed E-state index contributed by atoms with van der Waals surface area (Å²) in [6.45, 7) is 10.1. The van der Waals surface area contributed by atoms with E-state index in [9.17, 15) is 39.0 Å². The topological polar surface area (TPSA) is 209 Å². The van der Waals surface area contributed by atoms with E-state index in [0.717, 1.165) is 0 Å². The van der Waals surface area contributed by atoms with Crippen molar-refractivity contribution in [2.75, 3.05) is 0 Å². The lowest BCUT2D eigenvalue weighted by Crippen LogP contribution is -2.61. The Kier molecular flexibility index (Phi) is 12.2. The highest BCUT2D eigenvalue weighted by molar-refractivity contribution is 5.97. The van der Waals surface area contributed by atoms with Crippen molar-refractivity contribution in [3.05, 3.63) is 59.7 Å². The van der Waals surface area contributed by atoms with Crippen molar-refractivity contribution < 1.29 is 48.5 Å². The van der Waals surface area contributed by atoms with E-state index in [2.05, 4.69) is 21.3 Å². The zero-order valence-corrected chi connectivity index (χ0v) is 27.9. The zero-order valence-electron chi connectivity index (χ0n) is 27.9. The maximum atomic E-state index is 12.9. The van der Waals surface area contributed by atoms with Crippen molar-refractivity contribution in [1.82, 2.24) is 21.3 Å². The van der Waals surface area contributed by atoms with Crippen LogP contribution in [-0.4, -0.2) is 69.1 Å².